The molecule has 224 valence electrons. The average Bonchev–Trinajstić information content (AvgIpc) is 3.61. The van der Waals surface area contributed by atoms with Gasteiger partial charge in [-0.1, -0.05) is 16.9 Å². The van der Waals surface area contributed by atoms with Crippen molar-refractivity contribution in [1.29, 1.82) is 0 Å². The number of β-lactam (4-membered cyclic amide) rings is 1. The maximum absolute atomic E-state index is 13.1. The molecule has 3 aliphatic heterocycles. The Labute approximate surface area is 251 Å². The molecule has 0 aliphatic carbocycles. The summed E-state index contributed by atoms with van der Waals surface area (Å²) in [5.41, 5.74) is 6.04. The highest BCUT2D eigenvalue weighted by Crippen LogP contribution is 2.41. The molecule has 20 heteroatoms. The minimum absolute atomic E-state index is 0.0332. The lowest BCUT2D eigenvalue weighted by molar-refractivity contribution is -0.150. The van der Waals surface area contributed by atoms with Gasteiger partial charge >= 0.3 is 5.97 Å². The highest BCUT2D eigenvalue weighted by molar-refractivity contribution is 8.01. The minimum Gasteiger partial charge on any atom is -0.477 e. The van der Waals surface area contributed by atoms with Crippen molar-refractivity contribution in [2.24, 2.45) is 5.16 Å². The Bertz CT molecular complexity index is 1450. The molecule has 2 aromatic heterocycles. The highest BCUT2D eigenvalue weighted by atomic mass is 32.2. The third-order valence-corrected chi connectivity index (χ3v) is 9.77. The van der Waals surface area contributed by atoms with E-state index < -0.39 is 29.2 Å². The van der Waals surface area contributed by atoms with Crippen molar-refractivity contribution < 1.29 is 29.1 Å². The van der Waals surface area contributed by atoms with Gasteiger partial charge in [-0.25, -0.2) is 14.5 Å². The van der Waals surface area contributed by atoms with Crippen LogP contribution in [0.25, 0.3) is 0 Å². The van der Waals surface area contributed by atoms with Crippen LogP contribution in [0.5, 0.6) is 0 Å². The number of carbonyl (C=O) groups is 4. The first-order chi connectivity index (χ1) is 20.2. The second-order valence-corrected chi connectivity index (χ2v) is 12.3. The fraction of sp³-hybridized carbons (Fsp3) is 0.500. The van der Waals surface area contributed by atoms with Crippen LogP contribution < -0.4 is 11.1 Å². The number of nitrogens with two attached hydrogens (primary N) is 1. The number of thiazole rings is 1. The summed E-state index contributed by atoms with van der Waals surface area (Å²) in [6.45, 7) is 2.79. The predicted octanol–water partition coefficient (Wildman–Crippen LogP) is -1.63. The van der Waals surface area contributed by atoms with E-state index in [4.69, 9.17) is 10.6 Å². The number of tetrazole rings is 1. The Hall–Kier alpha value is -3.75. The number of carbonyl (C=O) groups excluding carboxylic acids is 3. The number of nitrogens with zero attached hydrogens (tertiary/aromatic N) is 9. The van der Waals surface area contributed by atoms with Crippen molar-refractivity contribution in [3.8, 4) is 0 Å². The van der Waals surface area contributed by atoms with Gasteiger partial charge in [0.1, 0.15) is 36.5 Å². The number of carboxylic acids is 1. The van der Waals surface area contributed by atoms with E-state index in [9.17, 15) is 24.3 Å². The van der Waals surface area contributed by atoms with Crippen molar-refractivity contribution in [3.05, 3.63) is 22.3 Å². The van der Waals surface area contributed by atoms with Crippen LogP contribution in [0.3, 0.4) is 0 Å². The molecule has 0 spiro atoms. The minimum atomic E-state index is -1.27. The molecular formula is C22H27N11O6S3. The molecule has 5 rings (SSSR count). The first-order valence-electron chi connectivity index (χ1n) is 12.6. The van der Waals surface area contributed by atoms with Crippen LogP contribution in [-0.2, 0) is 30.6 Å². The van der Waals surface area contributed by atoms with Crippen LogP contribution in [0, 0.1) is 0 Å². The van der Waals surface area contributed by atoms with E-state index in [2.05, 4.69) is 35.9 Å². The lowest BCUT2D eigenvalue weighted by Gasteiger charge is -2.49. The van der Waals surface area contributed by atoms with Gasteiger partial charge in [-0.05, 0) is 23.0 Å². The smallest absolute Gasteiger partial charge is 0.352 e. The van der Waals surface area contributed by atoms with Gasteiger partial charge in [0.25, 0.3) is 11.8 Å². The largest absolute Gasteiger partial charge is 0.477 e. The molecule has 17 nitrogen and oxygen atoms in total. The third-order valence-electron chi connectivity index (χ3n) is 6.71. The van der Waals surface area contributed by atoms with Crippen LogP contribution in [0.4, 0.5) is 5.13 Å². The highest BCUT2D eigenvalue weighted by Gasteiger charge is 2.54. The molecule has 2 atom stereocenters. The normalized spacial score (nSPS) is 21.2. The number of thioether (sulfide) groups is 2. The molecule has 4 N–H and O–H groups in total. The van der Waals surface area contributed by atoms with Gasteiger partial charge in [0.05, 0.1) is 0 Å². The zero-order valence-electron chi connectivity index (χ0n) is 22.5. The van der Waals surface area contributed by atoms with Gasteiger partial charge in [0.15, 0.2) is 10.8 Å². The van der Waals surface area contributed by atoms with E-state index >= 15 is 0 Å². The number of oxime groups is 1. The summed E-state index contributed by atoms with van der Waals surface area (Å²) in [7, 11) is 3.27. The standard InChI is InChI=1S/C22H27N11O6S3/c1-30-3-5-31(6-4-30)13(34)7-32-22(26-28-29-32)42-9-11-8-40-19-15(18(36)33(19)16(11)20(37)38)25-17(35)14(27-39-2)12-10-41-21(23)24-12/h10,15,19H,3-9H2,1-2H3,(H2,23,24)(H,25,35)(H,37,38)/b27-14+/t15?,19-/m1/s1. The molecule has 2 saturated heterocycles. The summed E-state index contributed by atoms with van der Waals surface area (Å²) >= 11 is 3.61. The molecule has 0 bridgehead atoms. The summed E-state index contributed by atoms with van der Waals surface area (Å²) in [5, 5.41) is 29.4. The summed E-state index contributed by atoms with van der Waals surface area (Å²) < 4.78 is 1.39. The monoisotopic (exact) mass is 637 g/mol. The zero-order chi connectivity index (χ0) is 30.0. The molecule has 0 aromatic carbocycles. The number of amides is 3. The molecular weight excluding hydrogens is 611 g/mol. The number of hydrogen-bond acceptors (Lipinski definition) is 15. The number of fused-ring (bicyclic) bond motifs is 1. The molecule has 0 radical (unpaired) electrons. The summed E-state index contributed by atoms with van der Waals surface area (Å²) in [6, 6.07) is -0.975. The molecule has 42 heavy (non-hydrogen) atoms. The number of likely N-dealkylation sites (N-methyl/N-ethyl adjacent to an activating group) is 1. The Balaban J connectivity index is 1.24. The van der Waals surface area contributed by atoms with E-state index in [0.717, 1.165) is 24.4 Å². The van der Waals surface area contributed by atoms with Gasteiger partial charge in [-0.3, -0.25) is 19.3 Å². The maximum atomic E-state index is 13.1. The van der Waals surface area contributed by atoms with Crippen molar-refractivity contribution >= 4 is 69.4 Å². The molecule has 5 heterocycles. The SMILES string of the molecule is CO/N=C(/C(=O)NC1C(=O)N2C(C(=O)O)=C(CSc3nnnn3CC(=O)N3CCN(C)CC3)CS[C@H]12)c1csc(N)n1. The van der Waals surface area contributed by atoms with E-state index in [1.807, 2.05) is 7.05 Å². The quantitative estimate of drug-likeness (QED) is 0.115. The van der Waals surface area contributed by atoms with Gasteiger partial charge in [0.2, 0.25) is 11.1 Å². The summed E-state index contributed by atoms with van der Waals surface area (Å²) in [5.74, 6) is -2.17. The van der Waals surface area contributed by atoms with E-state index in [1.165, 1.54) is 45.6 Å². The number of anilines is 1. The molecule has 0 saturated carbocycles. The predicted molar refractivity (Wildman–Crippen MR) is 152 cm³/mol. The Morgan fingerprint density at radius 2 is 2.05 bits per heavy atom. The van der Waals surface area contributed by atoms with Crippen molar-refractivity contribution in [2.45, 2.75) is 23.1 Å². The van der Waals surface area contributed by atoms with Crippen LogP contribution in [0.2, 0.25) is 0 Å². The topological polar surface area (TPSA) is 214 Å². The number of hydrogen-bond donors (Lipinski definition) is 3. The number of aromatic nitrogens is 5. The van der Waals surface area contributed by atoms with E-state index in [0.29, 0.717) is 29.6 Å². The Morgan fingerprint density at radius 1 is 1.29 bits per heavy atom. The fourth-order valence-electron chi connectivity index (χ4n) is 4.53. The maximum Gasteiger partial charge on any atom is 0.352 e. The number of piperazine rings is 1. The van der Waals surface area contributed by atoms with Crippen LogP contribution in [0.1, 0.15) is 5.69 Å². The van der Waals surface area contributed by atoms with Gasteiger partial charge in [-0.15, -0.1) is 28.2 Å². The van der Waals surface area contributed by atoms with Gasteiger partial charge < -0.3 is 30.8 Å². The summed E-state index contributed by atoms with van der Waals surface area (Å²) in [4.78, 5) is 65.0. The van der Waals surface area contributed by atoms with Crippen LogP contribution in [0.15, 0.2) is 27.0 Å². The number of nitrogen functional groups attached to an aromatic ring is 1. The van der Waals surface area contributed by atoms with Crippen LogP contribution >= 0.6 is 34.9 Å². The second-order valence-electron chi connectivity index (χ2n) is 9.40. The fourth-order valence-corrected chi connectivity index (χ4v) is 7.44. The third kappa shape index (κ3) is 6.05. The van der Waals surface area contributed by atoms with Crippen molar-refractivity contribution in [2.75, 3.05) is 57.6 Å². The average molecular weight is 638 g/mol. The second kappa shape index (κ2) is 12.6. The number of nitrogens with one attached hydrogen (secondary N) is 1. The number of aliphatic carboxylic acids is 1. The molecule has 3 aliphatic rings. The first-order valence-corrected chi connectivity index (χ1v) is 15.5. The van der Waals surface area contributed by atoms with Gasteiger partial charge in [-0.2, -0.15) is 0 Å². The Kier molecular flexibility index (Phi) is 8.94. The zero-order valence-corrected chi connectivity index (χ0v) is 24.9. The molecule has 3 amide bonds. The van der Waals surface area contributed by atoms with Gasteiger partial charge in [0, 0.05) is 43.1 Å². The molecule has 2 aromatic rings. The molecule has 1 unspecified atom stereocenters. The van der Waals surface area contributed by atoms with E-state index in [1.54, 1.807) is 4.90 Å². The van der Waals surface area contributed by atoms with Crippen molar-refractivity contribution in [1.82, 2.24) is 45.2 Å². The number of rotatable bonds is 10. The summed E-state index contributed by atoms with van der Waals surface area (Å²) in [6.07, 6.45) is 0. The Morgan fingerprint density at radius 3 is 2.71 bits per heavy atom. The van der Waals surface area contributed by atoms with Crippen LogP contribution in [-0.4, -0.2) is 138 Å². The lowest BCUT2D eigenvalue weighted by Crippen LogP contribution is -2.71. The molecule has 2 fully saturated rings. The number of carboxylic acid groups (broad SMARTS) is 1. The van der Waals surface area contributed by atoms with Crippen molar-refractivity contribution in [3.63, 3.8) is 0 Å². The first kappa shape index (κ1) is 29.7. The van der Waals surface area contributed by atoms with E-state index in [-0.39, 0.29) is 40.4 Å². The lowest BCUT2D eigenvalue weighted by atomic mass is 10.0.